The normalized spacial score (nSPS) is 31.9. The molecule has 0 aliphatic heterocycles. The fraction of sp³-hybridized carbons (Fsp3) is 0.867. The molecule has 2 fully saturated rings. The van der Waals surface area contributed by atoms with E-state index in [1.165, 1.54) is 25.7 Å². The number of nitriles is 1. The van der Waals surface area contributed by atoms with E-state index in [1.54, 1.807) is 0 Å². The van der Waals surface area contributed by atoms with Crippen molar-refractivity contribution in [3.8, 4) is 6.07 Å². The Kier molecular flexibility index (Phi) is 4.81. The van der Waals surface area contributed by atoms with Gasteiger partial charge in [0.25, 0.3) is 0 Å². The molecule has 1 amide bonds. The number of carbonyl (C=O) groups is 1. The number of amides is 1. The third-order valence-corrected chi connectivity index (χ3v) is 4.94. The van der Waals surface area contributed by atoms with Crippen molar-refractivity contribution < 1.29 is 4.79 Å². The first-order chi connectivity index (χ1) is 9.19. The van der Waals surface area contributed by atoms with Crippen molar-refractivity contribution in [1.29, 1.82) is 5.26 Å². The molecule has 2 aliphatic carbocycles. The van der Waals surface area contributed by atoms with Crippen LogP contribution in [-0.2, 0) is 4.79 Å². The molecule has 0 unspecified atom stereocenters. The van der Waals surface area contributed by atoms with Gasteiger partial charge in [0.05, 0.1) is 6.07 Å². The van der Waals surface area contributed by atoms with Gasteiger partial charge < -0.3 is 10.6 Å². The summed E-state index contributed by atoms with van der Waals surface area (Å²) in [5.41, 5.74) is -0.401. The summed E-state index contributed by atoms with van der Waals surface area (Å²) in [4.78, 5) is 12.1. The third kappa shape index (κ3) is 3.48. The van der Waals surface area contributed by atoms with Gasteiger partial charge in [-0.15, -0.1) is 0 Å². The van der Waals surface area contributed by atoms with Gasteiger partial charge in [-0.2, -0.15) is 5.26 Å². The molecule has 19 heavy (non-hydrogen) atoms. The first kappa shape index (κ1) is 14.3. The summed E-state index contributed by atoms with van der Waals surface area (Å²) in [5, 5.41) is 15.4. The molecular weight excluding hydrogens is 238 g/mol. The monoisotopic (exact) mass is 263 g/mol. The fourth-order valence-corrected chi connectivity index (χ4v) is 3.39. The Morgan fingerprint density at radius 1 is 1.26 bits per heavy atom. The van der Waals surface area contributed by atoms with Crippen molar-refractivity contribution in [2.24, 2.45) is 11.8 Å². The van der Waals surface area contributed by atoms with Crippen LogP contribution in [-0.4, -0.2) is 25.0 Å². The highest BCUT2D eigenvalue weighted by Crippen LogP contribution is 2.32. The molecule has 106 valence electrons. The van der Waals surface area contributed by atoms with Crippen LogP contribution < -0.4 is 10.6 Å². The van der Waals surface area contributed by atoms with Gasteiger partial charge >= 0.3 is 0 Å². The van der Waals surface area contributed by atoms with E-state index in [4.69, 9.17) is 0 Å². The van der Waals surface area contributed by atoms with Gasteiger partial charge in [0.2, 0.25) is 5.91 Å². The van der Waals surface area contributed by atoms with Gasteiger partial charge in [0, 0.05) is 12.5 Å². The van der Waals surface area contributed by atoms with E-state index in [9.17, 15) is 10.1 Å². The highest BCUT2D eigenvalue weighted by Gasteiger charge is 2.36. The molecule has 4 heteroatoms. The molecule has 2 N–H and O–H groups in total. The van der Waals surface area contributed by atoms with Crippen molar-refractivity contribution in [3.05, 3.63) is 0 Å². The molecule has 0 aromatic heterocycles. The number of rotatable bonds is 4. The van der Waals surface area contributed by atoms with Crippen molar-refractivity contribution in [2.45, 2.75) is 56.9 Å². The van der Waals surface area contributed by atoms with Crippen LogP contribution >= 0.6 is 0 Å². The summed E-state index contributed by atoms with van der Waals surface area (Å²) >= 11 is 0. The van der Waals surface area contributed by atoms with Gasteiger partial charge in [-0.1, -0.05) is 12.8 Å². The third-order valence-electron chi connectivity index (χ3n) is 4.94. The lowest BCUT2D eigenvalue weighted by molar-refractivity contribution is -0.126. The number of hydrogen-bond acceptors (Lipinski definition) is 3. The summed E-state index contributed by atoms with van der Waals surface area (Å²) in [6.07, 6.45) is 8.37. The molecule has 0 saturated heterocycles. The number of hydrogen-bond donors (Lipinski definition) is 2. The number of nitrogens with one attached hydrogen (secondary N) is 2. The second-order valence-electron chi connectivity index (χ2n) is 6.11. The second-order valence-corrected chi connectivity index (χ2v) is 6.11. The highest BCUT2D eigenvalue weighted by molar-refractivity contribution is 5.78. The molecule has 4 nitrogen and oxygen atoms in total. The Balaban J connectivity index is 1.74. The van der Waals surface area contributed by atoms with E-state index in [1.807, 2.05) is 7.05 Å². The summed E-state index contributed by atoms with van der Waals surface area (Å²) in [6.45, 7) is 0.852. The molecule has 0 bridgehead atoms. The zero-order valence-corrected chi connectivity index (χ0v) is 11.9. The molecular formula is C15H25N3O. The average Bonchev–Trinajstić information content (AvgIpc) is 2.98. The Labute approximate surface area is 115 Å². The largest absolute Gasteiger partial charge is 0.356 e. The zero-order valence-electron chi connectivity index (χ0n) is 11.9. The van der Waals surface area contributed by atoms with Gasteiger partial charge in [0.1, 0.15) is 5.54 Å². The maximum absolute atomic E-state index is 12.1. The predicted molar refractivity (Wildman–Crippen MR) is 74.3 cm³/mol. The fourth-order valence-electron chi connectivity index (χ4n) is 3.39. The maximum Gasteiger partial charge on any atom is 0.223 e. The Hall–Kier alpha value is -1.08. The number of carbonyl (C=O) groups excluding carboxylic acids is 1. The minimum absolute atomic E-state index is 0.108. The van der Waals surface area contributed by atoms with Gasteiger partial charge in [-0.25, -0.2) is 0 Å². The van der Waals surface area contributed by atoms with Crippen LogP contribution in [0.15, 0.2) is 0 Å². The highest BCUT2D eigenvalue weighted by atomic mass is 16.1. The van der Waals surface area contributed by atoms with Crippen LogP contribution in [0.1, 0.15) is 51.4 Å². The molecule has 2 rings (SSSR count). The summed E-state index contributed by atoms with van der Waals surface area (Å²) < 4.78 is 0. The molecule has 0 aromatic carbocycles. The molecule has 0 heterocycles. The molecule has 0 aromatic rings. The Morgan fingerprint density at radius 2 is 1.89 bits per heavy atom. The van der Waals surface area contributed by atoms with E-state index in [2.05, 4.69) is 16.7 Å². The van der Waals surface area contributed by atoms with E-state index in [0.29, 0.717) is 5.92 Å². The molecule has 0 spiro atoms. The quantitative estimate of drug-likeness (QED) is 0.815. The minimum Gasteiger partial charge on any atom is -0.356 e. The van der Waals surface area contributed by atoms with Crippen LogP contribution in [0.25, 0.3) is 0 Å². The van der Waals surface area contributed by atoms with Crippen molar-refractivity contribution >= 4 is 5.91 Å². The van der Waals surface area contributed by atoms with Crippen molar-refractivity contribution in [3.63, 3.8) is 0 Å². The van der Waals surface area contributed by atoms with Crippen LogP contribution in [0.4, 0.5) is 0 Å². The lowest BCUT2D eigenvalue weighted by Gasteiger charge is -2.34. The van der Waals surface area contributed by atoms with Gasteiger partial charge in [-0.05, 0) is 51.5 Å². The molecule has 2 saturated carbocycles. The molecule has 0 atom stereocenters. The van der Waals surface area contributed by atoms with E-state index < -0.39 is 5.54 Å². The van der Waals surface area contributed by atoms with Gasteiger partial charge in [-0.3, -0.25) is 4.79 Å². The maximum atomic E-state index is 12.1. The summed E-state index contributed by atoms with van der Waals surface area (Å²) in [5.74, 6) is 1.01. The van der Waals surface area contributed by atoms with Gasteiger partial charge in [0.15, 0.2) is 0 Å². The van der Waals surface area contributed by atoms with E-state index in [-0.39, 0.29) is 11.8 Å². The van der Waals surface area contributed by atoms with Crippen molar-refractivity contribution in [1.82, 2.24) is 10.6 Å². The second kappa shape index (κ2) is 6.38. The topological polar surface area (TPSA) is 64.9 Å². The first-order valence-electron chi connectivity index (χ1n) is 7.57. The smallest absolute Gasteiger partial charge is 0.223 e. The molecule has 2 aliphatic rings. The minimum atomic E-state index is -0.401. The predicted octanol–water partition coefficient (Wildman–Crippen LogP) is 1.96. The summed E-state index contributed by atoms with van der Waals surface area (Å²) in [7, 11) is 1.84. The van der Waals surface area contributed by atoms with E-state index in [0.717, 1.165) is 32.2 Å². The SMILES string of the molecule is CNC1(C#N)CCC(C(=O)NCC2CCCC2)CC1. The average molecular weight is 263 g/mol. The van der Waals surface area contributed by atoms with Crippen LogP contribution in [0.5, 0.6) is 0 Å². The Bertz CT molecular complexity index is 347. The molecule has 0 radical (unpaired) electrons. The van der Waals surface area contributed by atoms with Crippen LogP contribution in [0.3, 0.4) is 0 Å². The lowest BCUT2D eigenvalue weighted by Crippen LogP contribution is -2.47. The number of nitrogens with zero attached hydrogens (tertiary/aromatic N) is 1. The van der Waals surface area contributed by atoms with E-state index >= 15 is 0 Å². The standard InChI is InChI=1S/C15H25N3O/c1-17-15(11-16)8-6-13(7-9-15)14(19)18-10-12-4-2-3-5-12/h12-13,17H,2-10H2,1H3,(H,18,19). The summed E-state index contributed by atoms with van der Waals surface area (Å²) in [6, 6.07) is 2.36. The zero-order chi connectivity index (χ0) is 13.7. The van der Waals surface area contributed by atoms with Crippen molar-refractivity contribution in [2.75, 3.05) is 13.6 Å². The van der Waals surface area contributed by atoms with Crippen LogP contribution in [0, 0.1) is 23.2 Å². The van der Waals surface area contributed by atoms with Crippen LogP contribution in [0.2, 0.25) is 0 Å². The lowest BCUT2D eigenvalue weighted by atomic mass is 9.77. The Morgan fingerprint density at radius 3 is 2.42 bits per heavy atom. The first-order valence-corrected chi connectivity index (χ1v) is 7.57.